The summed E-state index contributed by atoms with van der Waals surface area (Å²) < 4.78 is 3.30. The summed E-state index contributed by atoms with van der Waals surface area (Å²) in [4.78, 5) is 6.36. The van der Waals surface area contributed by atoms with Crippen LogP contribution in [0, 0.1) is 0 Å². The molecule has 110 valence electrons. The van der Waals surface area contributed by atoms with Crippen LogP contribution in [0.2, 0.25) is 0 Å². The molecule has 1 aliphatic carbocycles. The van der Waals surface area contributed by atoms with Gasteiger partial charge < -0.3 is 0 Å². The van der Waals surface area contributed by atoms with Gasteiger partial charge in [0.2, 0.25) is 0 Å². The molecule has 2 aromatic rings. The normalized spacial score (nSPS) is 18.6. The van der Waals surface area contributed by atoms with Gasteiger partial charge in [0.25, 0.3) is 0 Å². The van der Waals surface area contributed by atoms with Gasteiger partial charge in [-0.05, 0) is 0 Å². The summed E-state index contributed by atoms with van der Waals surface area (Å²) in [5.41, 5.74) is 0.304. The Bertz CT molecular complexity index is 587. The van der Waals surface area contributed by atoms with Crippen molar-refractivity contribution in [1.29, 1.82) is 0 Å². The Morgan fingerprint density at radius 2 is 1.95 bits per heavy atom. The first-order chi connectivity index (χ1) is 10.3. The van der Waals surface area contributed by atoms with Gasteiger partial charge in [-0.2, -0.15) is 0 Å². The van der Waals surface area contributed by atoms with E-state index in [9.17, 15) is 5.11 Å². The summed E-state index contributed by atoms with van der Waals surface area (Å²) in [7, 11) is 0. The Morgan fingerprint density at radius 3 is 2.62 bits per heavy atom. The fourth-order valence-electron chi connectivity index (χ4n) is 2.83. The maximum absolute atomic E-state index is 11.1. The number of aromatic nitrogens is 2. The SMILES string of the molecule is OC1(/C(=C/[Se]c2ccccc2)n2ccnc2)CCCCC1. The third-order valence-corrected chi connectivity index (χ3v) is 5.85. The monoisotopic (exact) mass is 348 g/mol. The Hall–Kier alpha value is -1.35. The second-order valence-corrected chi connectivity index (χ2v) is 7.47. The van der Waals surface area contributed by atoms with E-state index in [1.165, 1.54) is 10.9 Å². The standard InChI is InChI=1S/C17H20N2OSe/c20-17(9-5-2-6-10-17)16(19-12-11-18-14-19)13-21-15-7-3-1-4-8-15/h1,3-4,7-8,11-14,20H,2,5-6,9-10H2/b16-13-. The van der Waals surface area contributed by atoms with Gasteiger partial charge in [0.05, 0.1) is 0 Å². The van der Waals surface area contributed by atoms with Crippen LogP contribution in [-0.2, 0) is 0 Å². The van der Waals surface area contributed by atoms with E-state index in [4.69, 9.17) is 0 Å². The molecule has 3 rings (SSSR count). The molecule has 1 saturated carbocycles. The van der Waals surface area contributed by atoms with E-state index in [1.807, 2.05) is 16.8 Å². The summed E-state index contributed by atoms with van der Waals surface area (Å²) in [6.45, 7) is 0. The molecule has 1 fully saturated rings. The van der Waals surface area contributed by atoms with Gasteiger partial charge in [-0.25, -0.2) is 0 Å². The average molecular weight is 347 g/mol. The van der Waals surface area contributed by atoms with Crippen LogP contribution in [0.15, 0.2) is 54.0 Å². The van der Waals surface area contributed by atoms with Gasteiger partial charge in [-0.3, -0.25) is 0 Å². The first-order valence-electron chi connectivity index (χ1n) is 7.41. The predicted molar refractivity (Wildman–Crippen MR) is 86.4 cm³/mol. The molecule has 1 N–H and O–H groups in total. The second-order valence-electron chi connectivity index (χ2n) is 5.50. The summed E-state index contributed by atoms with van der Waals surface area (Å²) in [6, 6.07) is 10.5. The number of benzene rings is 1. The van der Waals surface area contributed by atoms with Gasteiger partial charge >= 0.3 is 132 Å². The Labute approximate surface area is 131 Å². The van der Waals surface area contributed by atoms with Crippen LogP contribution in [0.4, 0.5) is 0 Å². The van der Waals surface area contributed by atoms with Gasteiger partial charge in [0.15, 0.2) is 0 Å². The molecule has 3 nitrogen and oxygen atoms in total. The van der Waals surface area contributed by atoms with Crippen molar-refractivity contribution in [1.82, 2.24) is 9.55 Å². The molecule has 0 aliphatic heterocycles. The molecular formula is C17H20N2OSe. The zero-order valence-corrected chi connectivity index (χ0v) is 13.7. The number of nitrogens with zero attached hydrogens (tertiary/aromatic N) is 2. The van der Waals surface area contributed by atoms with Crippen molar-refractivity contribution >= 4 is 25.1 Å². The van der Waals surface area contributed by atoms with Crippen LogP contribution in [0.1, 0.15) is 32.1 Å². The van der Waals surface area contributed by atoms with Crippen molar-refractivity contribution in [3.63, 3.8) is 0 Å². The molecule has 0 saturated heterocycles. The van der Waals surface area contributed by atoms with Gasteiger partial charge in [-0.1, -0.05) is 0 Å². The van der Waals surface area contributed by atoms with Gasteiger partial charge in [-0.15, -0.1) is 0 Å². The van der Waals surface area contributed by atoms with Crippen molar-refractivity contribution in [3.8, 4) is 0 Å². The minimum absolute atomic E-state index is 0.216. The Kier molecular flexibility index (Phi) is 4.59. The first kappa shape index (κ1) is 14.6. The van der Waals surface area contributed by atoms with Gasteiger partial charge in [0, 0.05) is 0 Å². The maximum atomic E-state index is 11.1. The summed E-state index contributed by atoms with van der Waals surface area (Å²) in [5.74, 6) is 0. The Morgan fingerprint density at radius 1 is 1.19 bits per heavy atom. The minimum atomic E-state index is -0.699. The molecular weight excluding hydrogens is 327 g/mol. The molecule has 1 aromatic heterocycles. The van der Waals surface area contributed by atoms with Crippen LogP contribution < -0.4 is 4.46 Å². The fourth-order valence-corrected chi connectivity index (χ4v) is 4.72. The van der Waals surface area contributed by atoms with Crippen molar-refractivity contribution in [3.05, 3.63) is 54.0 Å². The van der Waals surface area contributed by atoms with Crippen molar-refractivity contribution < 1.29 is 5.11 Å². The van der Waals surface area contributed by atoms with Crippen LogP contribution in [0.25, 0.3) is 5.70 Å². The topological polar surface area (TPSA) is 38.0 Å². The Balaban J connectivity index is 1.89. The third-order valence-electron chi connectivity index (χ3n) is 3.99. The van der Waals surface area contributed by atoms with E-state index in [-0.39, 0.29) is 15.0 Å². The van der Waals surface area contributed by atoms with E-state index >= 15 is 0 Å². The zero-order valence-electron chi connectivity index (χ0n) is 12.0. The molecule has 0 atom stereocenters. The van der Waals surface area contributed by atoms with E-state index in [0.717, 1.165) is 31.4 Å². The summed E-state index contributed by atoms with van der Waals surface area (Å²) in [5, 5.41) is 11.1. The fraction of sp³-hybridized carbons (Fsp3) is 0.353. The molecule has 1 aliphatic rings. The van der Waals surface area contributed by atoms with E-state index in [1.54, 1.807) is 12.5 Å². The van der Waals surface area contributed by atoms with Gasteiger partial charge in [0.1, 0.15) is 0 Å². The van der Waals surface area contributed by atoms with Crippen LogP contribution in [0.5, 0.6) is 0 Å². The molecule has 21 heavy (non-hydrogen) atoms. The molecule has 0 spiro atoms. The number of hydrogen-bond acceptors (Lipinski definition) is 2. The predicted octanol–water partition coefficient (Wildman–Crippen LogP) is 2.41. The third kappa shape index (κ3) is 3.46. The summed E-state index contributed by atoms with van der Waals surface area (Å²) >= 11 is 0.216. The van der Waals surface area contributed by atoms with Crippen molar-refractivity contribution in [2.24, 2.45) is 0 Å². The van der Waals surface area contributed by atoms with Crippen LogP contribution in [-0.4, -0.2) is 35.2 Å². The molecule has 0 unspecified atom stereocenters. The number of imidazole rings is 1. The molecule has 1 heterocycles. The van der Waals surface area contributed by atoms with Crippen LogP contribution >= 0.6 is 0 Å². The quantitative estimate of drug-likeness (QED) is 0.863. The number of hydrogen-bond donors (Lipinski definition) is 1. The van der Waals surface area contributed by atoms with E-state index in [0.29, 0.717) is 0 Å². The molecule has 0 radical (unpaired) electrons. The number of rotatable bonds is 4. The molecule has 4 heteroatoms. The summed E-state index contributed by atoms with van der Waals surface area (Å²) in [6.07, 6.45) is 10.6. The zero-order chi connectivity index (χ0) is 14.5. The van der Waals surface area contributed by atoms with E-state index in [2.05, 4.69) is 34.2 Å². The van der Waals surface area contributed by atoms with E-state index < -0.39 is 5.60 Å². The molecule has 1 aromatic carbocycles. The average Bonchev–Trinajstić information content (AvgIpc) is 3.03. The van der Waals surface area contributed by atoms with Crippen molar-refractivity contribution in [2.45, 2.75) is 37.7 Å². The van der Waals surface area contributed by atoms with Crippen molar-refractivity contribution in [2.75, 3.05) is 0 Å². The first-order valence-corrected chi connectivity index (χ1v) is 9.26. The van der Waals surface area contributed by atoms with Crippen LogP contribution in [0.3, 0.4) is 0 Å². The molecule has 0 bridgehead atoms. The second kappa shape index (κ2) is 6.61. The molecule has 0 amide bonds. The number of aliphatic hydroxyl groups is 1.